The van der Waals surface area contributed by atoms with E-state index in [1.54, 1.807) is 18.2 Å². The second-order valence-corrected chi connectivity index (χ2v) is 6.23. The maximum absolute atomic E-state index is 14.4. The lowest BCUT2D eigenvalue weighted by Gasteiger charge is -2.28. The number of pyridine rings is 1. The highest BCUT2D eigenvalue weighted by Crippen LogP contribution is 2.38. The van der Waals surface area contributed by atoms with Gasteiger partial charge < -0.3 is 0 Å². The molecular formula is C19H21F2N. The van der Waals surface area contributed by atoms with Crippen LogP contribution in [0.15, 0.2) is 36.5 Å². The van der Waals surface area contributed by atoms with Gasteiger partial charge in [0.05, 0.1) is 0 Å². The average Bonchev–Trinajstić information content (AvgIpc) is 2.56. The molecule has 1 aliphatic rings. The Bertz CT molecular complexity index is 628. The summed E-state index contributed by atoms with van der Waals surface area (Å²) >= 11 is 0. The fourth-order valence-electron chi connectivity index (χ4n) is 3.46. The van der Waals surface area contributed by atoms with Gasteiger partial charge in [-0.2, -0.15) is 4.39 Å². The fraction of sp³-hybridized carbons (Fsp3) is 0.421. The highest BCUT2D eigenvalue weighted by Gasteiger charge is 2.22. The van der Waals surface area contributed by atoms with E-state index in [0.717, 1.165) is 24.3 Å². The smallest absolute Gasteiger partial charge is 0.212 e. The second kappa shape index (κ2) is 6.55. The molecule has 22 heavy (non-hydrogen) atoms. The Labute approximate surface area is 130 Å². The van der Waals surface area contributed by atoms with E-state index in [4.69, 9.17) is 0 Å². The van der Waals surface area contributed by atoms with Crippen molar-refractivity contribution in [2.24, 2.45) is 5.92 Å². The van der Waals surface area contributed by atoms with Gasteiger partial charge in [0.2, 0.25) is 5.95 Å². The third-order valence-electron chi connectivity index (χ3n) is 4.93. The monoisotopic (exact) mass is 301 g/mol. The van der Waals surface area contributed by atoms with Gasteiger partial charge in [0.1, 0.15) is 5.82 Å². The van der Waals surface area contributed by atoms with Crippen molar-refractivity contribution < 1.29 is 8.78 Å². The van der Waals surface area contributed by atoms with Crippen molar-refractivity contribution in [3.63, 3.8) is 0 Å². The molecule has 2 aromatic rings. The van der Waals surface area contributed by atoms with Crippen LogP contribution in [0, 0.1) is 17.7 Å². The van der Waals surface area contributed by atoms with E-state index < -0.39 is 5.95 Å². The quantitative estimate of drug-likeness (QED) is 0.662. The third-order valence-corrected chi connectivity index (χ3v) is 4.93. The molecule has 1 saturated carbocycles. The van der Waals surface area contributed by atoms with Crippen molar-refractivity contribution in [3.05, 3.63) is 53.9 Å². The van der Waals surface area contributed by atoms with Crippen LogP contribution in [0.5, 0.6) is 0 Å². The number of hydrogen-bond donors (Lipinski definition) is 0. The molecule has 0 radical (unpaired) electrons. The Hall–Kier alpha value is -1.77. The van der Waals surface area contributed by atoms with Crippen LogP contribution in [0.1, 0.15) is 50.5 Å². The Morgan fingerprint density at radius 3 is 2.41 bits per heavy atom. The zero-order valence-corrected chi connectivity index (χ0v) is 12.9. The summed E-state index contributed by atoms with van der Waals surface area (Å²) < 4.78 is 27.3. The molecule has 3 heteroatoms. The Kier molecular flexibility index (Phi) is 4.51. The van der Waals surface area contributed by atoms with Crippen LogP contribution in [0.2, 0.25) is 0 Å². The molecule has 1 aliphatic carbocycles. The van der Waals surface area contributed by atoms with E-state index in [0.29, 0.717) is 17.0 Å². The summed E-state index contributed by atoms with van der Waals surface area (Å²) in [6.07, 6.45) is 7.40. The number of hydrogen-bond acceptors (Lipinski definition) is 1. The fourth-order valence-corrected chi connectivity index (χ4v) is 3.46. The Balaban J connectivity index is 1.79. The van der Waals surface area contributed by atoms with E-state index in [-0.39, 0.29) is 5.82 Å². The van der Waals surface area contributed by atoms with Crippen LogP contribution >= 0.6 is 0 Å². The number of aromatic nitrogens is 1. The average molecular weight is 301 g/mol. The van der Waals surface area contributed by atoms with Gasteiger partial charge in [-0.25, -0.2) is 9.37 Å². The van der Waals surface area contributed by atoms with E-state index in [1.807, 2.05) is 6.07 Å². The molecule has 1 heterocycles. The molecule has 116 valence electrons. The zero-order valence-electron chi connectivity index (χ0n) is 12.9. The molecule has 1 aromatic heterocycles. The maximum atomic E-state index is 14.4. The summed E-state index contributed by atoms with van der Waals surface area (Å²) in [7, 11) is 0. The van der Waals surface area contributed by atoms with Gasteiger partial charge in [0, 0.05) is 17.3 Å². The van der Waals surface area contributed by atoms with Crippen LogP contribution in [0.3, 0.4) is 0 Å². The summed E-state index contributed by atoms with van der Waals surface area (Å²) in [5, 5.41) is 0. The predicted octanol–water partition coefficient (Wildman–Crippen LogP) is 5.71. The number of halogens is 2. The number of benzene rings is 1. The molecule has 0 unspecified atom stereocenters. The highest BCUT2D eigenvalue weighted by atomic mass is 19.1. The van der Waals surface area contributed by atoms with Gasteiger partial charge >= 0.3 is 0 Å². The summed E-state index contributed by atoms with van der Waals surface area (Å²) in [5.41, 5.74) is 2.18. The SMILES string of the molecule is CC[C@H]1CC[C@H](c2ccc(-c3ccc(F)nc3)c(F)c2)CC1. The van der Waals surface area contributed by atoms with Crippen LogP contribution in [-0.4, -0.2) is 4.98 Å². The second-order valence-electron chi connectivity index (χ2n) is 6.23. The largest absolute Gasteiger partial charge is 0.228 e. The molecular weight excluding hydrogens is 280 g/mol. The summed E-state index contributed by atoms with van der Waals surface area (Å²) in [5.74, 6) is 0.514. The van der Waals surface area contributed by atoms with Crippen LogP contribution in [0.4, 0.5) is 8.78 Å². The summed E-state index contributed by atoms with van der Waals surface area (Å²) in [6.45, 7) is 2.25. The van der Waals surface area contributed by atoms with E-state index in [1.165, 1.54) is 31.5 Å². The molecule has 0 amide bonds. The summed E-state index contributed by atoms with van der Waals surface area (Å²) in [4.78, 5) is 3.59. The van der Waals surface area contributed by atoms with Gasteiger partial charge in [-0.1, -0.05) is 25.5 Å². The standard InChI is InChI=1S/C19H21F2N/c1-2-13-3-5-14(6-4-13)15-7-9-17(18(20)11-15)16-8-10-19(21)22-12-16/h7-14H,2-6H2,1H3/t13-,14-. The third kappa shape index (κ3) is 3.18. The molecule has 1 aromatic carbocycles. The first-order chi connectivity index (χ1) is 10.7. The summed E-state index contributed by atoms with van der Waals surface area (Å²) in [6, 6.07) is 8.28. The lowest BCUT2D eigenvalue weighted by atomic mass is 9.77. The molecule has 0 bridgehead atoms. The number of rotatable bonds is 3. The molecule has 1 nitrogen and oxygen atoms in total. The lowest BCUT2D eigenvalue weighted by Crippen LogP contribution is -2.12. The normalized spacial score (nSPS) is 21.8. The minimum Gasteiger partial charge on any atom is -0.228 e. The van der Waals surface area contributed by atoms with Crippen molar-refractivity contribution in [1.82, 2.24) is 4.98 Å². The maximum Gasteiger partial charge on any atom is 0.212 e. The predicted molar refractivity (Wildman–Crippen MR) is 84.6 cm³/mol. The Morgan fingerprint density at radius 2 is 1.82 bits per heavy atom. The minimum atomic E-state index is -0.548. The zero-order chi connectivity index (χ0) is 15.5. The molecule has 0 spiro atoms. The van der Waals surface area contributed by atoms with Crippen LogP contribution < -0.4 is 0 Å². The van der Waals surface area contributed by atoms with Crippen LogP contribution in [0.25, 0.3) is 11.1 Å². The van der Waals surface area contributed by atoms with E-state index >= 15 is 0 Å². The van der Waals surface area contributed by atoms with Crippen molar-refractivity contribution >= 4 is 0 Å². The first kappa shape index (κ1) is 15.1. The first-order valence-electron chi connectivity index (χ1n) is 8.08. The molecule has 0 saturated heterocycles. The van der Waals surface area contributed by atoms with Gasteiger partial charge in [-0.3, -0.25) is 0 Å². The van der Waals surface area contributed by atoms with Crippen molar-refractivity contribution in [2.45, 2.75) is 44.9 Å². The van der Waals surface area contributed by atoms with Gasteiger partial charge in [0.25, 0.3) is 0 Å². The first-order valence-corrected chi connectivity index (χ1v) is 8.08. The van der Waals surface area contributed by atoms with Gasteiger partial charge in [-0.15, -0.1) is 0 Å². The molecule has 3 rings (SSSR count). The molecule has 0 aliphatic heterocycles. The van der Waals surface area contributed by atoms with E-state index in [2.05, 4.69) is 11.9 Å². The minimum absolute atomic E-state index is 0.247. The van der Waals surface area contributed by atoms with Crippen molar-refractivity contribution in [3.8, 4) is 11.1 Å². The van der Waals surface area contributed by atoms with Crippen LogP contribution in [-0.2, 0) is 0 Å². The lowest BCUT2D eigenvalue weighted by molar-refractivity contribution is 0.318. The van der Waals surface area contributed by atoms with Crippen molar-refractivity contribution in [1.29, 1.82) is 0 Å². The van der Waals surface area contributed by atoms with Gasteiger partial charge in [-0.05, 0) is 61.3 Å². The topological polar surface area (TPSA) is 12.9 Å². The van der Waals surface area contributed by atoms with Gasteiger partial charge in [0.15, 0.2) is 0 Å². The highest BCUT2D eigenvalue weighted by molar-refractivity contribution is 5.63. The number of nitrogens with zero attached hydrogens (tertiary/aromatic N) is 1. The van der Waals surface area contributed by atoms with E-state index in [9.17, 15) is 8.78 Å². The molecule has 1 fully saturated rings. The van der Waals surface area contributed by atoms with Crippen molar-refractivity contribution in [2.75, 3.05) is 0 Å². The molecule has 0 N–H and O–H groups in total. The molecule has 0 atom stereocenters. The Morgan fingerprint density at radius 1 is 1.05 bits per heavy atom.